The van der Waals surface area contributed by atoms with Crippen molar-refractivity contribution in [2.45, 2.75) is 56.8 Å². The standard InChI is InChI=1S/C20H26O5S.Na/c1-2-3-4-5-6-7-9-18-19(10-8-11-20(18)26(22,23)24)25-17-14-12-16(21)13-15-17;/h8,10-15,21H,2-7,9H2,1H3,(H,22,23,24);/q;+1/p-1. The van der Waals surface area contributed by atoms with Crippen molar-refractivity contribution in [2.75, 3.05) is 0 Å². The SMILES string of the molecule is CCCCCCCCc1c(Oc2ccc([O-])cc2)cccc1S(=O)(=O)O.[Na+]. The van der Waals surface area contributed by atoms with Crippen LogP contribution in [0.5, 0.6) is 17.2 Å². The molecule has 2 aromatic rings. The second kappa shape index (κ2) is 11.7. The Morgan fingerprint density at radius 1 is 0.963 bits per heavy atom. The average Bonchev–Trinajstić information content (AvgIpc) is 2.60. The molecule has 5 nitrogen and oxygen atoms in total. The zero-order chi connectivity index (χ0) is 19.0. The Bertz CT molecular complexity index is 804. The predicted octanol–water partition coefficient (Wildman–Crippen LogP) is 1.71. The molecular weight excluding hydrogens is 375 g/mol. The number of hydrogen-bond donors (Lipinski definition) is 1. The van der Waals surface area contributed by atoms with E-state index in [1.54, 1.807) is 6.07 Å². The average molecular weight is 400 g/mol. The van der Waals surface area contributed by atoms with Crippen LogP contribution in [-0.2, 0) is 16.5 Å². The van der Waals surface area contributed by atoms with Crippen molar-refractivity contribution in [3.63, 3.8) is 0 Å². The Balaban J connectivity index is 0.00000364. The van der Waals surface area contributed by atoms with E-state index in [0.29, 0.717) is 23.5 Å². The van der Waals surface area contributed by atoms with Gasteiger partial charge >= 0.3 is 29.6 Å². The molecule has 0 aliphatic carbocycles. The number of ether oxygens (including phenoxy) is 1. The first-order valence-electron chi connectivity index (χ1n) is 8.96. The second-order valence-electron chi connectivity index (χ2n) is 6.30. The molecule has 0 bridgehead atoms. The van der Waals surface area contributed by atoms with Crippen molar-refractivity contribution in [3.8, 4) is 17.2 Å². The molecule has 0 aliphatic heterocycles. The fourth-order valence-electron chi connectivity index (χ4n) is 2.85. The van der Waals surface area contributed by atoms with Gasteiger partial charge in [0.15, 0.2) is 0 Å². The van der Waals surface area contributed by atoms with Crippen LogP contribution >= 0.6 is 0 Å². The maximum atomic E-state index is 11.7. The van der Waals surface area contributed by atoms with E-state index in [2.05, 4.69) is 6.92 Å². The van der Waals surface area contributed by atoms with Gasteiger partial charge in [0.25, 0.3) is 10.1 Å². The summed E-state index contributed by atoms with van der Waals surface area (Å²) in [6.45, 7) is 2.16. The summed E-state index contributed by atoms with van der Waals surface area (Å²) >= 11 is 0. The van der Waals surface area contributed by atoms with Crippen LogP contribution in [0.4, 0.5) is 0 Å². The second-order valence-corrected chi connectivity index (χ2v) is 7.69. The summed E-state index contributed by atoms with van der Waals surface area (Å²) in [6.07, 6.45) is 6.94. The molecule has 0 aliphatic rings. The van der Waals surface area contributed by atoms with E-state index in [1.165, 1.54) is 55.7 Å². The molecule has 0 heterocycles. The first-order valence-corrected chi connectivity index (χ1v) is 10.4. The van der Waals surface area contributed by atoms with E-state index in [9.17, 15) is 18.1 Å². The maximum absolute atomic E-state index is 11.7. The predicted molar refractivity (Wildman–Crippen MR) is 99.3 cm³/mol. The van der Waals surface area contributed by atoms with Crippen LogP contribution in [0.2, 0.25) is 0 Å². The van der Waals surface area contributed by atoms with Crippen LogP contribution in [0, 0.1) is 0 Å². The molecule has 2 aromatic carbocycles. The summed E-state index contributed by atoms with van der Waals surface area (Å²) < 4.78 is 38.8. The molecule has 0 radical (unpaired) electrons. The topological polar surface area (TPSA) is 86.7 Å². The van der Waals surface area contributed by atoms with E-state index in [0.717, 1.165) is 19.3 Å². The molecule has 0 unspecified atom stereocenters. The van der Waals surface area contributed by atoms with E-state index in [4.69, 9.17) is 4.74 Å². The largest absolute Gasteiger partial charge is 1.00 e. The van der Waals surface area contributed by atoms with Gasteiger partial charge in [0.1, 0.15) is 16.4 Å². The van der Waals surface area contributed by atoms with Crippen molar-refractivity contribution in [1.29, 1.82) is 0 Å². The molecule has 27 heavy (non-hydrogen) atoms. The smallest absolute Gasteiger partial charge is 0.872 e. The summed E-state index contributed by atoms with van der Waals surface area (Å²) in [5.41, 5.74) is 0.469. The maximum Gasteiger partial charge on any atom is 1.00 e. The Morgan fingerprint density at radius 3 is 2.22 bits per heavy atom. The Labute approximate surface area is 183 Å². The number of rotatable bonds is 10. The van der Waals surface area contributed by atoms with Gasteiger partial charge in [-0.05, 0) is 37.1 Å². The Hall–Kier alpha value is -1.05. The number of unbranched alkanes of at least 4 members (excludes halogenated alkanes) is 5. The molecule has 1 N–H and O–H groups in total. The van der Waals surface area contributed by atoms with Crippen LogP contribution in [0.25, 0.3) is 0 Å². The van der Waals surface area contributed by atoms with Crippen molar-refractivity contribution in [3.05, 3.63) is 48.0 Å². The molecule has 0 aromatic heterocycles. The third kappa shape index (κ3) is 7.84. The first kappa shape index (κ1) is 24.0. The molecule has 7 heteroatoms. The monoisotopic (exact) mass is 400 g/mol. The van der Waals surface area contributed by atoms with Gasteiger partial charge < -0.3 is 9.84 Å². The van der Waals surface area contributed by atoms with Crippen molar-refractivity contribution in [2.24, 2.45) is 0 Å². The minimum atomic E-state index is -4.34. The van der Waals surface area contributed by atoms with Gasteiger partial charge in [-0.25, -0.2) is 0 Å². The van der Waals surface area contributed by atoms with Crippen LogP contribution in [0.15, 0.2) is 47.4 Å². The van der Waals surface area contributed by atoms with Gasteiger partial charge in [0.05, 0.1) is 0 Å². The Kier molecular flexibility index (Phi) is 10.4. The van der Waals surface area contributed by atoms with Crippen LogP contribution < -0.4 is 39.4 Å². The van der Waals surface area contributed by atoms with Gasteiger partial charge in [-0.15, -0.1) is 5.75 Å². The normalized spacial score (nSPS) is 11.0. The molecular formula is C20H25NaO5S. The third-order valence-electron chi connectivity index (χ3n) is 4.20. The van der Waals surface area contributed by atoms with Crippen molar-refractivity contribution >= 4 is 10.1 Å². The van der Waals surface area contributed by atoms with Crippen molar-refractivity contribution < 1.29 is 52.4 Å². The quantitative estimate of drug-likeness (QED) is 0.373. The molecule has 142 valence electrons. The molecule has 0 atom stereocenters. The molecule has 0 fully saturated rings. The molecule has 2 rings (SSSR count). The summed E-state index contributed by atoms with van der Waals surface area (Å²) in [5.74, 6) is 0.699. The minimum absolute atomic E-state index is 0. The number of hydrogen-bond acceptors (Lipinski definition) is 4. The summed E-state index contributed by atoms with van der Waals surface area (Å²) in [7, 11) is -4.34. The zero-order valence-electron chi connectivity index (χ0n) is 16.0. The van der Waals surface area contributed by atoms with Gasteiger partial charge in [-0.3, -0.25) is 4.55 Å². The van der Waals surface area contributed by atoms with Crippen LogP contribution in [0.1, 0.15) is 51.0 Å². The molecule has 0 amide bonds. The zero-order valence-corrected chi connectivity index (χ0v) is 18.8. The summed E-state index contributed by atoms with van der Waals surface area (Å²) in [6, 6.07) is 10.4. The first-order chi connectivity index (χ1) is 12.4. The van der Waals surface area contributed by atoms with Crippen LogP contribution in [-0.4, -0.2) is 13.0 Å². The molecule has 0 saturated carbocycles. The van der Waals surface area contributed by atoms with E-state index < -0.39 is 10.1 Å². The molecule has 0 saturated heterocycles. The number of benzene rings is 2. The van der Waals surface area contributed by atoms with Crippen molar-refractivity contribution in [1.82, 2.24) is 0 Å². The van der Waals surface area contributed by atoms with Gasteiger partial charge in [-0.2, -0.15) is 8.42 Å². The van der Waals surface area contributed by atoms with E-state index in [-0.39, 0.29) is 40.2 Å². The van der Waals surface area contributed by atoms with Gasteiger partial charge in [-0.1, -0.05) is 57.2 Å². The van der Waals surface area contributed by atoms with Gasteiger partial charge in [0.2, 0.25) is 0 Å². The molecule has 0 spiro atoms. The van der Waals surface area contributed by atoms with Crippen LogP contribution in [0.3, 0.4) is 0 Å². The van der Waals surface area contributed by atoms with E-state index >= 15 is 0 Å². The summed E-state index contributed by atoms with van der Waals surface area (Å²) in [4.78, 5) is -0.121. The third-order valence-corrected chi connectivity index (χ3v) is 5.14. The summed E-state index contributed by atoms with van der Waals surface area (Å²) in [5, 5.41) is 11.2. The fraction of sp³-hybridized carbons (Fsp3) is 0.400. The fourth-order valence-corrected chi connectivity index (χ4v) is 3.61. The minimum Gasteiger partial charge on any atom is -0.872 e. The van der Waals surface area contributed by atoms with E-state index in [1.807, 2.05) is 0 Å². The van der Waals surface area contributed by atoms with Gasteiger partial charge in [0, 0.05) is 5.56 Å². The Morgan fingerprint density at radius 2 is 1.59 bits per heavy atom.